The van der Waals surface area contributed by atoms with E-state index in [9.17, 15) is 0 Å². The third-order valence-electron chi connectivity index (χ3n) is 3.78. The average Bonchev–Trinajstić information content (AvgIpc) is 2.46. The largest absolute Gasteiger partial charge is 0.371 e. The molecule has 0 atom stereocenters. The Bertz CT molecular complexity index is 358. The van der Waals surface area contributed by atoms with E-state index < -0.39 is 0 Å². The van der Waals surface area contributed by atoms with E-state index in [0.29, 0.717) is 0 Å². The van der Waals surface area contributed by atoms with Crippen molar-refractivity contribution < 1.29 is 0 Å². The first-order valence-corrected chi connectivity index (χ1v) is 8.48. The molecule has 0 aliphatic carbocycles. The maximum atomic E-state index is 3.43. The van der Waals surface area contributed by atoms with Crippen LogP contribution >= 0.6 is 11.8 Å². The van der Waals surface area contributed by atoms with Crippen LogP contribution < -0.4 is 10.2 Å². The molecule has 0 unspecified atom stereocenters. The Labute approximate surface area is 122 Å². The van der Waals surface area contributed by atoms with E-state index in [1.54, 1.807) is 0 Å². The Morgan fingerprint density at radius 1 is 1.21 bits per heavy atom. The van der Waals surface area contributed by atoms with Gasteiger partial charge in [0, 0.05) is 29.8 Å². The van der Waals surface area contributed by atoms with Crippen molar-refractivity contribution in [3.8, 4) is 0 Å². The third-order valence-corrected chi connectivity index (χ3v) is 5.14. The van der Waals surface area contributed by atoms with Gasteiger partial charge in [-0.3, -0.25) is 0 Å². The fourth-order valence-electron chi connectivity index (χ4n) is 2.52. The summed E-state index contributed by atoms with van der Waals surface area (Å²) in [4.78, 5) is 2.48. The van der Waals surface area contributed by atoms with Gasteiger partial charge in [0.2, 0.25) is 0 Å². The monoisotopic (exact) mass is 278 g/mol. The lowest BCUT2D eigenvalue weighted by Gasteiger charge is -2.26. The second kappa shape index (κ2) is 7.81. The van der Waals surface area contributed by atoms with E-state index in [4.69, 9.17) is 0 Å². The first kappa shape index (κ1) is 14.7. The summed E-state index contributed by atoms with van der Waals surface area (Å²) in [5, 5.41) is 4.31. The zero-order chi connectivity index (χ0) is 13.5. The predicted molar refractivity (Wildman–Crippen MR) is 87.4 cm³/mol. The molecule has 0 radical (unpaired) electrons. The van der Waals surface area contributed by atoms with E-state index in [0.717, 1.165) is 18.3 Å². The molecule has 2 nitrogen and oxygen atoms in total. The lowest BCUT2D eigenvalue weighted by atomic mass is 10.2. The molecule has 1 aromatic carbocycles. The minimum atomic E-state index is 0.873. The van der Waals surface area contributed by atoms with Gasteiger partial charge in [-0.25, -0.2) is 0 Å². The normalized spacial score (nSPS) is 16.5. The molecule has 2 rings (SSSR count). The molecule has 106 valence electrons. The first-order chi connectivity index (χ1) is 9.29. The standard InChI is InChI=1S/C16H26N2S/c1-3-18(15-6-4-14(2)5-7-15)12-13-19-16-8-10-17-11-9-16/h4-7,16-17H,3,8-13H2,1-2H3. The van der Waals surface area contributed by atoms with Crippen LogP contribution in [0.15, 0.2) is 24.3 Å². The summed E-state index contributed by atoms with van der Waals surface area (Å²) >= 11 is 2.16. The van der Waals surface area contributed by atoms with Crippen LogP contribution in [0.1, 0.15) is 25.3 Å². The highest BCUT2D eigenvalue weighted by atomic mass is 32.2. The highest BCUT2D eigenvalue weighted by molar-refractivity contribution is 7.99. The number of anilines is 1. The second-order valence-corrected chi connectivity index (χ2v) is 6.64. The van der Waals surface area contributed by atoms with Crippen molar-refractivity contribution in [3.63, 3.8) is 0 Å². The SMILES string of the molecule is CCN(CCSC1CCNCC1)c1ccc(C)cc1. The van der Waals surface area contributed by atoms with Gasteiger partial charge in [0.1, 0.15) is 0 Å². The van der Waals surface area contributed by atoms with Gasteiger partial charge in [-0.05, 0) is 51.9 Å². The zero-order valence-electron chi connectivity index (χ0n) is 12.2. The summed E-state index contributed by atoms with van der Waals surface area (Å²) < 4.78 is 0. The molecule has 1 N–H and O–H groups in total. The molecule has 1 fully saturated rings. The van der Waals surface area contributed by atoms with E-state index >= 15 is 0 Å². The molecular formula is C16H26N2S. The Morgan fingerprint density at radius 2 is 1.89 bits per heavy atom. The van der Waals surface area contributed by atoms with Gasteiger partial charge in [0.15, 0.2) is 0 Å². The number of hydrogen-bond acceptors (Lipinski definition) is 3. The molecule has 1 aliphatic heterocycles. The van der Waals surface area contributed by atoms with Crippen molar-refractivity contribution >= 4 is 17.4 Å². The summed E-state index contributed by atoms with van der Waals surface area (Å²) in [7, 11) is 0. The fraction of sp³-hybridized carbons (Fsp3) is 0.625. The predicted octanol–water partition coefficient (Wildman–Crippen LogP) is 3.31. The number of benzene rings is 1. The molecule has 1 saturated heterocycles. The van der Waals surface area contributed by atoms with Crippen molar-refractivity contribution in [1.82, 2.24) is 5.32 Å². The summed E-state index contributed by atoms with van der Waals surface area (Å²) in [6.45, 7) is 9.05. The molecule has 0 bridgehead atoms. The third kappa shape index (κ3) is 4.73. The maximum Gasteiger partial charge on any atom is 0.0366 e. The van der Waals surface area contributed by atoms with Crippen LogP contribution in [-0.4, -0.2) is 37.2 Å². The average molecular weight is 278 g/mol. The summed E-state index contributed by atoms with van der Waals surface area (Å²) in [5.74, 6) is 1.24. The van der Waals surface area contributed by atoms with Crippen molar-refractivity contribution in [2.24, 2.45) is 0 Å². The molecule has 3 heteroatoms. The van der Waals surface area contributed by atoms with E-state index in [-0.39, 0.29) is 0 Å². The molecule has 1 aromatic rings. The Kier molecular flexibility index (Phi) is 6.05. The van der Waals surface area contributed by atoms with Gasteiger partial charge in [0.05, 0.1) is 0 Å². The minimum absolute atomic E-state index is 0.873. The maximum absolute atomic E-state index is 3.43. The van der Waals surface area contributed by atoms with Crippen molar-refractivity contribution in [1.29, 1.82) is 0 Å². The van der Waals surface area contributed by atoms with Crippen LogP contribution in [0, 0.1) is 6.92 Å². The molecule has 1 heterocycles. The van der Waals surface area contributed by atoms with Crippen molar-refractivity contribution in [2.45, 2.75) is 31.9 Å². The van der Waals surface area contributed by atoms with Gasteiger partial charge >= 0.3 is 0 Å². The van der Waals surface area contributed by atoms with Gasteiger partial charge in [-0.2, -0.15) is 11.8 Å². The molecule has 0 aromatic heterocycles. The first-order valence-electron chi connectivity index (χ1n) is 7.43. The molecule has 1 aliphatic rings. The van der Waals surface area contributed by atoms with E-state index in [2.05, 4.69) is 60.1 Å². The van der Waals surface area contributed by atoms with Crippen LogP contribution in [0.5, 0.6) is 0 Å². The van der Waals surface area contributed by atoms with Gasteiger partial charge in [-0.1, -0.05) is 17.7 Å². The molecule has 19 heavy (non-hydrogen) atoms. The lowest BCUT2D eigenvalue weighted by Crippen LogP contribution is -2.31. The van der Waals surface area contributed by atoms with Crippen molar-refractivity contribution in [3.05, 3.63) is 29.8 Å². The van der Waals surface area contributed by atoms with Crippen LogP contribution in [0.3, 0.4) is 0 Å². The summed E-state index contributed by atoms with van der Waals surface area (Å²) in [6.07, 6.45) is 2.67. The van der Waals surface area contributed by atoms with E-state index in [1.165, 1.54) is 42.9 Å². The Balaban J connectivity index is 1.77. The topological polar surface area (TPSA) is 15.3 Å². The summed E-state index contributed by atoms with van der Waals surface area (Å²) in [5.41, 5.74) is 2.70. The number of hydrogen-bond donors (Lipinski definition) is 1. The van der Waals surface area contributed by atoms with Gasteiger partial charge in [0.25, 0.3) is 0 Å². The van der Waals surface area contributed by atoms with Crippen LogP contribution in [0.4, 0.5) is 5.69 Å². The number of aryl methyl sites for hydroxylation is 1. The number of piperidine rings is 1. The number of nitrogens with one attached hydrogen (secondary N) is 1. The molecular weight excluding hydrogens is 252 g/mol. The quantitative estimate of drug-likeness (QED) is 0.859. The molecule has 0 saturated carbocycles. The Morgan fingerprint density at radius 3 is 2.53 bits per heavy atom. The van der Waals surface area contributed by atoms with Crippen LogP contribution in [0.25, 0.3) is 0 Å². The number of thioether (sulfide) groups is 1. The second-order valence-electron chi connectivity index (χ2n) is 5.24. The highest BCUT2D eigenvalue weighted by Gasteiger charge is 2.13. The zero-order valence-corrected chi connectivity index (χ0v) is 13.0. The number of nitrogens with zero attached hydrogens (tertiary/aromatic N) is 1. The Hall–Kier alpha value is -0.670. The van der Waals surface area contributed by atoms with Crippen LogP contribution in [-0.2, 0) is 0 Å². The highest BCUT2D eigenvalue weighted by Crippen LogP contribution is 2.21. The smallest absolute Gasteiger partial charge is 0.0366 e. The van der Waals surface area contributed by atoms with Crippen molar-refractivity contribution in [2.75, 3.05) is 36.8 Å². The fourth-order valence-corrected chi connectivity index (χ4v) is 3.75. The van der Waals surface area contributed by atoms with Gasteiger partial charge in [-0.15, -0.1) is 0 Å². The number of rotatable bonds is 6. The molecule has 0 spiro atoms. The minimum Gasteiger partial charge on any atom is -0.371 e. The molecule has 0 amide bonds. The van der Waals surface area contributed by atoms with Gasteiger partial charge < -0.3 is 10.2 Å². The lowest BCUT2D eigenvalue weighted by molar-refractivity contribution is 0.531. The van der Waals surface area contributed by atoms with E-state index in [1.807, 2.05) is 0 Å². The van der Waals surface area contributed by atoms with Crippen LogP contribution in [0.2, 0.25) is 0 Å². The summed E-state index contributed by atoms with van der Waals surface area (Å²) in [6, 6.07) is 8.90.